The highest BCUT2D eigenvalue weighted by molar-refractivity contribution is 5.20. The lowest BCUT2D eigenvalue weighted by Gasteiger charge is -2.24. The number of hydrogen-bond acceptors (Lipinski definition) is 5. The monoisotopic (exact) mass is 225 g/mol. The van der Waals surface area contributed by atoms with Gasteiger partial charge in [0.05, 0.1) is 0 Å². The Bertz CT molecular complexity index is 332. The van der Waals surface area contributed by atoms with Gasteiger partial charge in [-0.15, -0.1) is 0 Å². The molecule has 0 spiro atoms. The van der Waals surface area contributed by atoms with Crippen LogP contribution in [0.3, 0.4) is 0 Å². The molecule has 90 valence electrons. The third kappa shape index (κ3) is 2.04. The Balaban J connectivity index is 2.18. The van der Waals surface area contributed by atoms with Gasteiger partial charge in [0.1, 0.15) is 5.60 Å². The van der Waals surface area contributed by atoms with E-state index in [0.29, 0.717) is 18.4 Å². The summed E-state index contributed by atoms with van der Waals surface area (Å²) in [5.41, 5.74) is -0.300. The molecule has 2 rings (SSSR count). The minimum absolute atomic E-state index is 0.300. The lowest BCUT2D eigenvalue weighted by atomic mass is 10.0. The average Bonchev–Trinajstić information content (AvgIpc) is 2.88. The van der Waals surface area contributed by atoms with Gasteiger partial charge in [0.2, 0.25) is 5.82 Å². The Hall–Kier alpha value is -1.10. The molecule has 1 fully saturated rings. The maximum absolute atomic E-state index is 5.86. The summed E-state index contributed by atoms with van der Waals surface area (Å²) in [6.45, 7) is 5.47. The summed E-state index contributed by atoms with van der Waals surface area (Å²) in [5.74, 6) is 0.697. The second kappa shape index (κ2) is 4.82. The predicted molar refractivity (Wildman–Crippen MR) is 60.2 cm³/mol. The number of nitrogens with one attached hydrogen (secondary N) is 1. The first-order valence-corrected chi connectivity index (χ1v) is 6.03. The van der Waals surface area contributed by atoms with Crippen molar-refractivity contribution in [3.8, 4) is 0 Å². The van der Waals surface area contributed by atoms with E-state index < -0.39 is 0 Å². The first kappa shape index (κ1) is 11.4. The van der Waals surface area contributed by atoms with Gasteiger partial charge in [0.25, 0.3) is 0 Å². The van der Waals surface area contributed by atoms with E-state index >= 15 is 0 Å². The van der Waals surface area contributed by atoms with Gasteiger partial charge < -0.3 is 14.6 Å². The van der Waals surface area contributed by atoms with Crippen molar-refractivity contribution in [1.29, 1.82) is 0 Å². The van der Waals surface area contributed by atoms with Crippen LogP contribution in [0.4, 0.5) is 6.01 Å². The van der Waals surface area contributed by atoms with Crippen molar-refractivity contribution < 1.29 is 9.26 Å². The van der Waals surface area contributed by atoms with E-state index in [9.17, 15) is 0 Å². The molecule has 1 N–H and O–H groups in total. The van der Waals surface area contributed by atoms with Crippen LogP contribution in [0, 0.1) is 0 Å². The molecule has 0 radical (unpaired) electrons. The van der Waals surface area contributed by atoms with E-state index in [1.165, 1.54) is 12.8 Å². The van der Waals surface area contributed by atoms with Crippen molar-refractivity contribution in [2.45, 2.75) is 45.1 Å². The molecule has 0 aromatic carbocycles. The van der Waals surface area contributed by atoms with E-state index in [1.807, 2.05) is 13.8 Å². The van der Waals surface area contributed by atoms with Gasteiger partial charge in [-0.05, 0) is 39.5 Å². The molecule has 0 saturated heterocycles. The number of anilines is 1. The second-order valence-electron chi connectivity index (χ2n) is 4.09. The fourth-order valence-corrected chi connectivity index (χ4v) is 2.29. The highest BCUT2D eigenvalue weighted by Crippen LogP contribution is 2.40. The van der Waals surface area contributed by atoms with Crippen LogP contribution in [0.15, 0.2) is 4.52 Å². The van der Waals surface area contributed by atoms with Crippen molar-refractivity contribution in [2.24, 2.45) is 0 Å². The Morgan fingerprint density at radius 2 is 2.12 bits per heavy atom. The van der Waals surface area contributed by atoms with Crippen molar-refractivity contribution >= 4 is 6.01 Å². The van der Waals surface area contributed by atoms with E-state index in [2.05, 4.69) is 15.5 Å². The van der Waals surface area contributed by atoms with Crippen molar-refractivity contribution in [1.82, 2.24) is 10.1 Å². The molecule has 1 aromatic heterocycles. The maximum atomic E-state index is 5.86. The molecule has 0 atom stereocenters. The van der Waals surface area contributed by atoms with Crippen molar-refractivity contribution in [3.63, 3.8) is 0 Å². The second-order valence-corrected chi connectivity index (χ2v) is 4.09. The van der Waals surface area contributed by atoms with Crippen LogP contribution in [0.5, 0.6) is 0 Å². The quantitative estimate of drug-likeness (QED) is 0.833. The van der Waals surface area contributed by atoms with Gasteiger partial charge in [-0.3, -0.25) is 0 Å². The van der Waals surface area contributed by atoms with Crippen LogP contribution in [0.1, 0.15) is 45.4 Å². The molecule has 5 nitrogen and oxygen atoms in total. The van der Waals surface area contributed by atoms with E-state index in [-0.39, 0.29) is 5.60 Å². The highest BCUT2D eigenvalue weighted by Gasteiger charge is 2.40. The van der Waals surface area contributed by atoms with E-state index in [0.717, 1.165) is 19.4 Å². The number of aromatic nitrogens is 2. The molecule has 5 heteroatoms. The molecule has 1 aromatic rings. The molecule has 1 aliphatic carbocycles. The fraction of sp³-hybridized carbons (Fsp3) is 0.818. The molecular formula is C11H19N3O2. The summed E-state index contributed by atoms with van der Waals surface area (Å²) in [7, 11) is 0. The van der Waals surface area contributed by atoms with Gasteiger partial charge in [0, 0.05) is 13.2 Å². The SMILES string of the molecule is CCNc1nc(C2(OCC)CCCC2)no1. The largest absolute Gasteiger partial charge is 0.367 e. The Kier molecular flexibility index (Phi) is 3.43. The summed E-state index contributed by atoms with van der Waals surface area (Å²) in [6, 6.07) is 0.489. The smallest absolute Gasteiger partial charge is 0.321 e. The summed E-state index contributed by atoms with van der Waals surface area (Å²) < 4.78 is 11.0. The third-order valence-electron chi connectivity index (χ3n) is 2.99. The zero-order chi connectivity index (χ0) is 11.4. The van der Waals surface area contributed by atoms with Gasteiger partial charge in [0.15, 0.2) is 0 Å². The minimum atomic E-state index is -0.300. The molecule has 0 amide bonds. The zero-order valence-corrected chi connectivity index (χ0v) is 9.95. The van der Waals surface area contributed by atoms with Gasteiger partial charge in [-0.25, -0.2) is 0 Å². The minimum Gasteiger partial charge on any atom is -0.367 e. The molecule has 16 heavy (non-hydrogen) atoms. The lowest BCUT2D eigenvalue weighted by Crippen LogP contribution is -2.27. The Morgan fingerprint density at radius 1 is 1.38 bits per heavy atom. The standard InChI is InChI=1S/C11H19N3O2/c1-3-12-10-13-9(14-16-10)11(15-4-2)7-5-6-8-11/h3-8H2,1-2H3,(H,12,13,14). The zero-order valence-electron chi connectivity index (χ0n) is 9.95. The molecule has 0 bridgehead atoms. The topological polar surface area (TPSA) is 60.2 Å². The van der Waals surface area contributed by atoms with E-state index in [1.54, 1.807) is 0 Å². The van der Waals surface area contributed by atoms with Gasteiger partial charge in [-0.1, -0.05) is 5.16 Å². The molecule has 1 heterocycles. The number of hydrogen-bond donors (Lipinski definition) is 1. The molecular weight excluding hydrogens is 206 g/mol. The van der Waals surface area contributed by atoms with Crippen LogP contribution in [0.2, 0.25) is 0 Å². The van der Waals surface area contributed by atoms with Crippen LogP contribution >= 0.6 is 0 Å². The summed E-state index contributed by atoms with van der Waals surface area (Å²) in [6.07, 6.45) is 4.33. The van der Waals surface area contributed by atoms with Crippen LogP contribution in [0.25, 0.3) is 0 Å². The van der Waals surface area contributed by atoms with E-state index in [4.69, 9.17) is 9.26 Å². The average molecular weight is 225 g/mol. The molecule has 0 unspecified atom stereocenters. The lowest BCUT2D eigenvalue weighted by molar-refractivity contribution is -0.0469. The Morgan fingerprint density at radius 3 is 2.75 bits per heavy atom. The predicted octanol–water partition coefficient (Wildman–Crippen LogP) is 2.31. The van der Waals surface area contributed by atoms with Crippen LogP contribution in [-0.2, 0) is 10.3 Å². The first-order valence-electron chi connectivity index (χ1n) is 6.03. The van der Waals surface area contributed by atoms with Crippen LogP contribution < -0.4 is 5.32 Å². The van der Waals surface area contributed by atoms with Crippen LogP contribution in [-0.4, -0.2) is 23.3 Å². The molecule has 1 aliphatic rings. The number of nitrogens with zero attached hydrogens (tertiary/aromatic N) is 2. The van der Waals surface area contributed by atoms with Gasteiger partial charge >= 0.3 is 6.01 Å². The Labute approximate surface area is 95.6 Å². The molecule has 1 saturated carbocycles. The number of ether oxygens (including phenoxy) is 1. The van der Waals surface area contributed by atoms with Crippen molar-refractivity contribution in [3.05, 3.63) is 5.82 Å². The number of rotatable bonds is 5. The highest BCUT2D eigenvalue weighted by atomic mass is 16.5. The summed E-state index contributed by atoms with van der Waals surface area (Å²) >= 11 is 0. The third-order valence-corrected chi connectivity index (χ3v) is 2.99. The normalized spacial score (nSPS) is 18.9. The fourth-order valence-electron chi connectivity index (χ4n) is 2.29. The van der Waals surface area contributed by atoms with Crippen molar-refractivity contribution in [2.75, 3.05) is 18.5 Å². The summed E-state index contributed by atoms with van der Waals surface area (Å²) in [5, 5.41) is 7.05. The maximum Gasteiger partial charge on any atom is 0.321 e. The molecule has 0 aliphatic heterocycles. The first-order chi connectivity index (χ1) is 7.80. The van der Waals surface area contributed by atoms with Gasteiger partial charge in [-0.2, -0.15) is 4.98 Å². The summed E-state index contributed by atoms with van der Waals surface area (Å²) in [4.78, 5) is 4.36.